The van der Waals surface area contributed by atoms with Crippen molar-refractivity contribution in [3.05, 3.63) is 34.9 Å². The number of hydrogen-bond acceptors (Lipinski definition) is 3. The molecule has 1 aromatic carbocycles. The Balaban J connectivity index is 1.75. The molecule has 1 aliphatic heterocycles. The van der Waals surface area contributed by atoms with E-state index in [9.17, 15) is 9.90 Å². The van der Waals surface area contributed by atoms with E-state index in [2.05, 4.69) is 10.2 Å². The van der Waals surface area contributed by atoms with Gasteiger partial charge >= 0.3 is 0 Å². The zero-order valence-electron chi connectivity index (χ0n) is 13.3. The number of nitrogens with zero attached hydrogens (tertiary/aromatic N) is 1. The molecule has 0 spiro atoms. The minimum absolute atomic E-state index is 0.0186. The van der Waals surface area contributed by atoms with Crippen molar-refractivity contribution in [3.63, 3.8) is 0 Å². The Morgan fingerprint density at radius 1 is 1.41 bits per heavy atom. The molecule has 0 radical (unpaired) electrons. The predicted octanol–water partition coefficient (Wildman–Crippen LogP) is 2.23. The summed E-state index contributed by atoms with van der Waals surface area (Å²) in [5.41, 5.74) is 0.389. The second-order valence-electron chi connectivity index (χ2n) is 6.51. The molecule has 1 heterocycles. The van der Waals surface area contributed by atoms with Gasteiger partial charge in [-0.25, -0.2) is 0 Å². The Hall–Kier alpha value is -1.10. The standard InChI is InChI=1S/C17H25ClN2O2/c1-17(2,22)15-4-3-11-20(15)12-16(21)19-10-9-13-5-7-14(18)8-6-13/h5-8,15,22H,3-4,9-12H2,1-2H3,(H,19,21). The molecule has 1 unspecified atom stereocenters. The molecular formula is C17H25ClN2O2. The summed E-state index contributed by atoms with van der Waals surface area (Å²) >= 11 is 5.85. The van der Waals surface area contributed by atoms with Gasteiger partial charge in [0.2, 0.25) is 5.91 Å². The van der Waals surface area contributed by atoms with Gasteiger partial charge in [0, 0.05) is 17.6 Å². The first-order valence-corrected chi connectivity index (χ1v) is 8.21. The van der Waals surface area contributed by atoms with Gasteiger partial charge in [-0.3, -0.25) is 9.69 Å². The maximum Gasteiger partial charge on any atom is 0.234 e. The molecule has 0 aliphatic carbocycles. The van der Waals surface area contributed by atoms with E-state index in [1.165, 1.54) is 0 Å². The number of benzene rings is 1. The summed E-state index contributed by atoms with van der Waals surface area (Å²) in [6, 6.07) is 7.72. The smallest absolute Gasteiger partial charge is 0.234 e. The SMILES string of the molecule is CC(C)(O)C1CCCN1CC(=O)NCCc1ccc(Cl)cc1. The number of carbonyl (C=O) groups excluding carboxylic acids is 1. The molecule has 4 nitrogen and oxygen atoms in total. The molecule has 122 valence electrons. The Morgan fingerprint density at radius 3 is 2.73 bits per heavy atom. The van der Waals surface area contributed by atoms with Crippen LogP contribution in [0, 0.1) is 0 Å². The number of hydrogen-bond donors (Lipinski definition) is 2. The van der Waals surface area contributed by atoms with E-state index in [4.69, 9.17) is 11.6 Å². The monoisotopic (exact) mass is 324 g/mol. The van der Waals surface area contributed by atoms with Crippen LogP contribution >= 0.6 is 11.6 Å². The van der Waals surface area contributed by atoms with E-state index in [-0.39, 0.29) is 11.9 Å². The average Bonchev–Trinajstić information content (AvgIpc) is 2.89. The van der Waals surface area contributed by atoms with E-state index >= 15 is 0 Å². The van der Waals surface area contributed by atoms with Crippen LogP contribution in [0.25, 0.3) is 0 Å². The quantitative estimate of drug-likeness (QED) is 0.843. The highest BCUT2D eigenvalue weighted by Gasteiger charge is 2.36. The van der Waals surface area contributed by atoms with Crippen LogP contribution in [0.5, 0.6) is 0 Å². The zero-order chi connectivity index (χ0) is 16.2. The van der Waals surface area contributed by atoms with E-state index < -0.39 is 5.60 Å². The third-order valence-electron chi connectivity index (χ3n) is 4.17. The summed E-state index contributed by atoms with van der Waals surface area (Å²) in [7, 11) is 0. The van der Waals surface area contributed by atoms with Gasteiger partial charge in [-0.2, -0.15) is 0 Å². The fourth-order valence-corrected chi connectivity index (χ4v) is 3.18. The number of amides is 1. The second kappa shape index (κ2) is 7.44. The molecule has 1 aliphatic rings. The van der Waals surface area contributed by atoms with E-state index in [1.807, 2.05) is 38.1 Å². The Bertz CT molecular complexity index is 496. The van der Waals surface area contributed by atoms with Crippen molar-refractivity contribution in [1.82, 2.24) is 10.2 Å². The van der Waals surface area contributed by atoms with Crippen LogP contribution in [-0.2, 0) is 11.2 Å². The Labute approximate surface area is 137 Å². The van der Waals surface area contributed by atoms with Crippen molar-refractivity contribution in [2.45, 2.75) is 44.8 Å². The van der Waals surface area contributed by atoms with Crippen molar-refractivity contribution in [3.8, 4) is 0 Å². The predicted molar refractivity (Wildman–Crippen MR) is 89.1 cm³/mol. The van der Waals surface area contributed by atoms with E-state index in [1.54, 1.807) is 0 Å². The van der Waals surface area contributed by atoms with Crippen LogP contribution in [0.2, 0.25) is 5.02 Å². The number of halogens is 1. The minimum Gasteiger partial charge on any atom is -0.389 e. The topological polar surface area (TPSA) is 52.6 Å². The highest BCUT2D eigenvalue weighted by molar-refractivity contribution is 6.30. The number of rotatable bonds is 6. The third kappa shape index (κ3) is 4.97. The summed E-state index contributed by atoms with van der Waals surface area (Å²) in [6.45, 7) is 5.47. The molecule has 1 saturated heterocycles. The van der Waals surface area contributed by atoms with Crippen molar-refractivity contribution in [2.75, 3.05) is 19.6 Å². The number of nitrogens with one attached hydrogen (secondary N) is 1. The number of likely N-dealkylation sites (tertiary alicyclic amines) is 1. The first-order valence-electron chi connectivity index (χ1n) is 7.84. The van der Waals surface area contributed by atoms with Crippen LogP contribution < -0.4 is 5.32 Å². The lowest BCUT2D eigenvalue weighted by atomic mass is 9.97. The van der Waals surface area contributed by atoms with Crippen molar-refractivity contribution in [1.29, 1.82) is 0 Å². The summed E-state index contributed by atoms with van der Waals surface area (Å²) in [4.78, 5) is 14.1. The molecule has 0 bridgehead atoms. The second-order valence-corrected chi connectivity index (χ2v) is 6.95. The zero-order valence-corrected chi connectivity index (χ0v) is 14.1. The van der Waals surface area contributed by atoms with Gasteiger partial charge in [0.1, 0.15) is 0 Å². The largest absolute Gasteiger partial charge is 0.389 e. The molecular weight excluding hydrogens is 300 g/mol. The van der Waals surface area contributed by atoms with Crippen LogP contribution in [0.15, 0.2) is 24.3 Å². The molecule has 22 heavy (non-hydrogen) atoms. The highest BCUT2D eigenvalue weighted by Crippen LogP contribution is 2.26. The maximum atomic E-state index is 12.1. The fourth-order valence-electron chi connectivity index (χ4n) is 3.05. The third-order valence-corrected chi connectivity index (χ3v) is 4.43. The molecule has 1 aromatic rings. The van der Waals surface area contributed by atoms with Gasteiger partial charge in [0.25, 0.3) is 0 Å². The Morgan fingerprint density at radius 2 is 2.09 bits per heavy atom. The number of carbonyl (C=O) groups is 1. The highest BCUT2D eigenvalue weighted by atomic mass is 35.5. The van der Waals surface area contributed by atoms with E-state index in [0.717, 1.165) is 36.4 Å². The summed E-state index contributed by atoms with van der Waals surface area (Å²) in [5, 5.41) is 13.8. The van der Waals surface area contributed by atoms with E-state index in [0.29, 0.717) is 13.1 Å². The van der Waals surface area contributed by atoms with Gasteiger partial charge in [-0.05, 0) is 57.4 Å². The van der Waals surface area contributed by atoms with Gasteiger partial charge in [-0.1, -0.05) is 23.7 Å². The first-order chi connectivity index (χ1) is 10.4. The van der Waals surface area contributed by atoms with Gasteiger partial charge in [0.15, 0.2) is 0 Å². The molecule has 2 rings (SSSR count). The maximum absolute atomic E-state index is 12.1. The molecule has 1 amide bonds. The molecule has 1 atom stereocenters. The lowest BCUT2D eigenvalue weighted by molar-refractivity contribution is -0.123. The minimum atomic E-state index is -0.764. The van der Waals surface area contributed by atoms with Crippen LogP contribution in [-0.4, -0.2) is 47.2 Å². The van der Waals surface area contributed by atoms with Crippen LogP contribution in [0.4, 0.5) is 0 Å². The van der Waals surface area contributed by atoms with Crippen molar-refractivity contribution in [2.24, 2.45) is 0 Å². The fraction of sp³-hybridized carbons (Fsp3) is 0.588. The number of aliphatic hydroxyl groups is 1. The molecule has 0 saturated carbocycles. The van der Waals surface area contributed by atoms with Gasteiger partial charge < -0.3 is 10.4 Å². The Kier molecular flexibility index (Phi) is 5.84. The lowest BCUT2D eigenvalue weighted by Gasteiger charge is -2.33. The lowest BCUT2D eigenvalue weighted by Crippen LogP contribution is -2.49. The normalized spacial score (nSPS) is 19.4. The molecule has 2 N–H and O–H groups in total. The molecule has 1 fully saturated rings. The van der Waals surface area contributed by atoms with Gasteiger partial charge in [-0.15, -0.1) is 0 Å². The summed E-state index contributed by atoms with van der Waals surface area (Å²) < 4.78 is 0. The molecule has 5 heteroatoms. The average molecular weight is 325 g/mol. The summed E-state index contributed by atoms with van der Waals surface area (Å²) in [5.74, 6) is 0.0186. The van der Waals surface area contributed by atoms with Crippen LogP contribution in [0.3, 0.4) is 0 Å². The van der Waals surface area contributed by atoms with Gasteiger partial charge in [0.05, 0.1) is 12.1 Å². The molecule has 0 aromatic heterocycles. The summed E-state index contributed by atoms with van der Waals surface area (Å²) in [6.07, 6.45) is 2.77. The first kappa shape index (κ1) is 17.3. The van der Waals surface area contributed by atoms with Crippen molar-refractivity contribution >= 4 is 17.5 Å². The van der Waals surface area contributed by atoms with Crippen LogP contribution in [0.1, 0.15) is 32.3 Å². The van der Waals surface area contributed by atoms with Crippen molar-refractivity contribution < 1.29 is 9.90 Å².